The summed E-state index contributed by atoms with van der Waals surface area (Å²) < 4.78 is 0. The smallest absolute Gasteiger partial charge is 0.205 e. The largest absolute Gasteiger partial charge is 0.360 e. The molecule has 3 rings (SSSR count). The summed E-state index contributed by atoms with van der Waals surface area (Å²) in [4.78, 5) is 0. The topological polar surface area (TPSA) is 37.8 Å². The molecule has 0 spiro atoms. The first-order valence-corrected chi connectivity index (χ1v) is 6.68. The lowest BCUT2D eigenvalue weighted by molar-refractivity contribution is 0.428. The summed E-state index contributed by atoms with van der Waals surface area (Å²) in [7, 11) is 0. The fourth-order valence-corrected chi connectivity index (χ4v) is 2.94. The van der Waals surface area contributed by atoms with Crippen molar-refractivity contribution in [2.75, 3.05) is 11.9 Å². The van der Waals surface area contributed by atoms with Gasteiger partial charge in [0.25, 0.3) is 0 Å². The van der Waals surface area contributed by atoms with Crippen LogP contribution >= 0.6 is 11.3 Å². The summed E-state index contributed by atoms with van der Waals surface area (Å²) >= 11 is 1.66. The van der Waals surface area contributed by atoms with Crippen molar-refractivity contribution < 1.29 is 0 Å². The van der Waals surface area contributed by atoms with Gasteiger partial charge in [0.2, 0.25) is 5.13 Å². The van der Waals surface area contributed by atoms with E-state index in [1.165, 1.54) is 25.7 Å². The zero-order chi connectivity index (χ0) is 10.3. The summed E-state index contributed by atoms with van der Waals surface area (Å²) in [5, 5.41) is 13.6. The van der Waals surface area contributed by atoms with Gasteiger partial charge in [0.1, 0.15) is 5.01 Å². The maximum absolute atomic E-state index is 4.10. The molecule has 4 heteroatoms. The maximum Gasteiger partial charge on any atom is 0.205 e. The molecule has 0 amide bonds. The number of anilines is 1. The lowest BCUT2D eigenvalue weighted by Crippen LogP contribution is -2.18. The van der Waals surface area contributed by atoms with E-state index in [2.05, 4.69) is 15.5 Å². The molecule has 0 aliphatic heterocycles. The van der Waals surface area contributed by atoms with Gasteiger partial charge in [-0.2, -0.15) is 0 Å². The highest BCUT2D eigenvalue weighted by atomic mass is 32.1. The van der Waals surface area contributed by atoms with Crippen molar-refractivity contribution in [3.63, 3.8) is 0 Å². The molecule has 2 saturated carbocycles. The van der Waals surface area contributed by atoms with Gasteiger partial charge in [0, 0.05) is 6.54 Å². The second-order valence-electron chi connectivity index (χ2n) is 4.85. The minimum atomic E-state index is 0.911. The summed E-state index contributed by atoms with van der Waals surface area (Å²) in [6, 6.07) is 0. The van der Waals surface area contributed by atoms with E-state index in [0.29, 0.717) is 0 Å². The van der Waals surface area contributed by atoms with E-state index >= 15 is 0 Å². The number of nitrogens with one attached hydrogen (secondary N) is 1. The van der Waals surface area contributed by atoms with Crippen LogP contribution in [0, 0.1) is 24.7 Å². The maximum atomic E-state index is 4.10. The molecule has 82 valence electrons. The van der Waals surface area contributed by atoms with Crippen LogP contribution in [-0.2, 0) is 0 Å². The molecule has 0 saturated heterocycles. The highest BCUT2D eigenvalue weighted by molar-refractivity contribution is 7.15. The first kappa shape index (κ1) is 9.58. The third-order valence-corrected chi connectivity index (χ3v) is 4.27. The van der Waals surface area contributed by atoms with Gasteiger partial charge in [-0.1, -0.05) is 11.3 Å². The molecule has 0 aromatic carbocycles. The van der Waals surface area contributed by atoms with Crippen LogP contribution < -0.4 is 5.32 Å². The zero-order valence-corrected chi connectivity index (χ0v) is 9.89. The van der Waals surface area contributed by atoms with E-state index in [0.717, 1.165) is 34.4 Å². The summed E-state index contributed by atoms with van der Waals surface area (Å²) in [6.07, 6.45) is 5.83. The minimum absolute atomic E-state index is 0.911. The van der Waals surface area contributed by atoms with Gasteiger partial charge in [0.15, 0.2) is 0 Å². The van der Waals surface area contributed by atoms with Crippen molar-refractivity contribution >= 4 is 16.5 Å². The molecule has 3 nitrogen and oxygen atoms in total. The van der Waals surface area contributed by atoms with E-state index in [1.54, 1.807) is 11.3 Å². The molecule has 1 aromatic heterocycles. The van der Waals surface area contributed by atoms with Gasteiger partial charge in [-0.05, 0) is 50.4 Å². The first-order valence-electron chi connectivity index (χ1n) is 5.87. The van der Waals surface area contributed by atoms with Gasteiger partial charge in [-0.25, -0.2) is 0 Å². The van der Waals surface area contributed by atoms with Crippen LogP contribution in [0.15, 0.2) is 0 Å². The second-order valence-corrected chi connectivity index (χ2v) is 6.03. The van der Waals surface area contributed by atoms with Crippen molar-refractivity contribution in [1.29, 1.82) is 0 Å². The van der Waals surface area contributed by atoms with E-state index in [9.17, 15) is 0 Å². The lowest BCUT2D eigenvalue weighted by atomic mass is 9.98. The monoisotopic (exact) mass is 223 g/mol. The Morgan fingerprint density at radius 3 is 2.40 bits per heavy atom. The number of rotatable bonds is 5. The van der Waals surface area contributed by atoms with Gasteiger partial charge in [-0.3, -0.25) is 0 Å². The highest BCUT2D eigenvalue weighted by Crippen LogP contribution is 2.49. The standard InChI is InChI=1S/C11H17N3S/c1-7-13-14-11(15-7)12-6-10(8-2-3-8)9-4-5-9/h8-10H,2-6H2,1H3,(H,12,14). The third kappa shape index (κ3) is 2.30. The summed E-state index contributed by atoms with van der Waals surface area (Å²) in [5.74, 6) is 2.94. The molecule has 1 N–H and O–H groups in total. The third-order valence-electron chi connectivity index (χ3n) is 3.47. The van der Waals surface area contributed by atoms with Crippen LogP contribution in [0.3, 0.4) is 0 Å². The Kier molecular flexibility index (Phi) is 2.39. The van der Waals surface area contributed by atoms with E-state index in [1.807, 2.05) is 6.92 Å². The van der Waals surface area contributed by atoms with Crippen LogP contribution in [0.2, 0.25) is 0 Å². The lowest BCUT2D eigenvalue weighted by Gasteiger charge is -2.15. The summed E-state index contributed by atoms with van der Waals surface area (Å²) in [6.45, 7) is 3.12. The van der Waals surface area contributed by atoms with Gasteiger partial charge in [0.05, 0.1) is 0 Å². The van der Waals surface area contributed by atoms with Gasteiger partial charge >= 0.3 is 0 Å². The SMILES string of the molecule is Cc1nnc(NCC(C2CC2)C2CC2)s1. The Hall–Kier alpha value is -0.640. The van der Waals surface area contributed by atoms with Crippen molar-refractivity contribution in [1.82, 2.24) is 10.2 Å². The van der Waals surface area contributed by atoms with Gasteiger partial charge < -0.3 is 5.32 Å². The Morgan fingerprint density at radius 2 is 1.93 bits per heavy atom. The molecule has 0 unspecified atom stereocenters. The average molecular weight is 223 g/mol. The number of hydrogen-bond acceptors (Lipinski definition) is 4. The Labute approximate surface area is 94.3 Å². The number of aryl methyl sites for hydroxylation is 1. The van der Waals surface area contributed by atoms with Crippen LogP contribution in [0.4, 0.5) is 5.13 Å². The average Bonchev–Trinajstić information content (AvgIpc) is 3.09. The molecule has 0 radical (unpaired) electrons. The Balaban J connectivity index is 1.55. The predicted octanol–water partition coefficient (Wildman–Crippen LogP) is 2.69. The first-order chi connectivity index (χ1) is 7.33. The van der Waals surface area contributed by atoms with Crippen LogP contribution in [0.5, 0.6) is 0 Å². The second kappa shape index (κ2) is 3.74. The number of hydrogen-bond donors (Lipinski definition) is 1. The van der Waals surface area contributed by atoms with Gasteiger partial charge in [-0.15, -0.1) is 10.2 Å². The quantitative estimate of drug-likeness (QED) is 0.834. The zero-order valence-electron chi connectivity index (χ0n) is 9.07. The van der Waals surface area contributed by atoms with Crippen LogP contribution in [0.1, 0.15) is 30.7 Å². The molecule has 2 aliphatic rings. The molecular weight excluding hydrogens is 206 g/mol. The van der Waals surface area contributed by atoms with Crippen molar-refractivity contribution in [2.45, 2.75) is 32.6 Å². The van der Waals surface area contributed by atoms with E-state index in [-0.39, 0.29) is 0 Å². The highest BCUT2D eigenvalue weighted by Gasteiger charge is 2.41. The fourth-order valence-electron chi connectivity index (χ4n) is 2.34. The molecule has 0 atom stereocenters. The normalized spacial score (nSPS) is 20.9. The Bertz CT molecular complexity index is 329. The van der Waals surface area contributed by atoms with Crippen LogP contribution in [-0.4, -0.2) is 16.7 Å². The number of aromatic nitrogens is 2. The van der Waals surface area contributed by atoms with E-state index < -0.39 is 0 Å². The molecule has 15 heavy (non-hydrogen) atoms. The Morgan fingerprint density at radius 1 is 1.27 bits per heavy atom. The summed E-state index contributed by atoms with van der Waals surface area (Å²) in [5.41, 5.74) is 0. The molecule has 1 aromatic rings. The van der Waals surface area contributed by atoms with Crippen LogP contribution in [0.25, 0.3) is 0 Å². The van der Waals surface area contributed by atoms with Crippen molar-refractivity contribution in [3.8, 4) is 0 Å². The van der Waals surface area contributed by atoms with E-state index in [4.69, 9.17) is 0 Å². The molecule has 2 aliphatic carbocycles. The van der Waals surface area contributed by atoms with Crippen molar-refractivity contribution in [2.24, 2.45) is 17.8 Å². The number of nitrogens with zero attached hydrogens (tertiary/aromatic N) is 2. The predicted molar refractivity (Wildman–Crippen MR) is 62.1 cm³/mol. The molecule has 0 bridgehead atoms. The molecule has 2 fully saturated rings. The molecular formula is C11H17N3S. The fraction of sp³-hybridized carbons (Fsp3) is 0.818. The minimum Gasteiger partial charge on any atom is -0.360 e. The van der Waals surface area contributed by atoms with Crippen molar-refractivity contribution in [3.05, 3.63) is 5.01 Å². The molecule has 1 heterocycles.